The van der Waals surface area contributed by atoms with E-state index >= 15 is 0 Å². The molecule has 0 aromatic heterocycles. The fourth-order valence-corrected chi connectivity index (χ4v) is 3.16. The number of benzene rings is 3. The second-order valence-corrected chi connectivity index (χ2v) is 7.33. The van der Waals surface area contributed by atoms with Crippen LogP contribution < -0.4 is 14.9 Å². The van der Waals surface area contributed by atoms with Gasteiger partial charge in [-0.05, 0) is 41.5 Å². The van der Waals surface area contributed by atoms with Crippen LogP contribution in [0.25, 0.3) is 0 Å². The number of hydrogen-bond donors (Lipinski definition) is 2. The second-order valence-electron chi connectivity index (χ2n) is 6.48. The van der Waals surface area contributed by atoms with E-state index in [0.29, 0.717) is 32.7 Å². The zero-order valence-corrected chi connectivity index (χ0v) is 18.1. The van der Waals surface area contributed by atoms with Crippen molar-refractivity contribution in [2.75, 3.05) is 7.11 Å². The molecule has 3 rings (SSSR count). The molecule has 0 aliphatic carbocycles. The molecule has 31 heavy (non-hydrogen) atoms. The smallest absolute Gasteiger partial charge is 0.273 e. The lowest BCUT2D eigenvalue weighted by Gasteiger charge is -2.12. The number of halogens is 2. The Labute approximate surface area is 190 Å². The Morgan fingerprint density at radius 1 is 1.10 bits per heavy atom. The van der Waals surface area contributed by atoms with E-state index in [1.165, 1.54) is 13.3 Å². The molecule has 160 valence electrons. The van der Waals surface area contributed by atoms with Crippen LogP contribution in [0, 0.1) is 0 Å². The Bertz CT molecular complexity index is 1070. The lowest BCUT2D eigenvalue weighted by molar-refractivity contribution is -0.129. The van der Waals surface area contributed by atoms with Crippen LogP contribution >= 0.6 is 23.2 Å². The van der Waals surface area contributed by atoms with Crippen LogP contribution in [0.1, 0.15) is 22.8 Å². The van der Waals surface area contributed by atoms with Gasteiger partial charge in [-0.2, -0.15) is 5.10 Å². The Morgan fingerprint density at radius 3 is 2.58 bits per heavy atom. The van der Waals surface area contributed by atoms with Gasteiger partial charge in [0.1, 0.15) is 6.61 Å². The molecule has 0 heterocycles. The van der Waals surface area contributed by atoms with E-state index in [1.54, 1.807) is 66.7 Å². The van der Waals surface area contributed by atoms with Crippen molar-refractivity contribution in [1.29, 1.82) is 0 Å². The molecule has 3 aromatic rings. The lowest BCUT2D eigenvalue weighted by Crippen LogP contribution is -2.25. The number of rotatable bonds is 8. The molecule has 0 radical (unpaired) electrons. The van der Waals surface area contributed by atoms with Gasteiger partial charge in [-0.25, -0.2) is 5.43 Å². The predicted molar refractivity (Wildman–Crippen MR) is 121 cm³/mol. The zero-order valence-electron chi connectivity index (χ0n) is 16.6. The topological polar surface area (TPSA) is 80.2 Å². The van der Waals surface area contributed by atoms with E-state index in [0.717, 1.165) is 5.56 Å². The summed E-state index contributed by atoms with van der Waals surface area (Å²) in [5, 5.41) is 15.0. The number of hydrazone groups is 1. The number of amides is 1. The van der Waals surface area contributed by atoms with Crippen molar-refractivity contribution in [2.45, 2.75) is 12.7 Å². The summed E-state index contributed by atoms with van der Waals surface area (Å²) in [6, 6.07) is 19.0. The first-order valence-corrected chi connectivity index (χ1v) is 10.0. The fourth-order valence-electron chi connectivity index (χ4n) is 2.70. The molecule has 6 nitrogen and oxygen atoms in total. The summed E-state index contributed by atoms with van der Waals surface area (Å²) in [4.78, 5) is 12.0. The van der Waals surface area contributed by atoms with Crippen LogP contribution in [-0.2, 0) is 11.4 Å². The molecular weight excluding hydrogens is 439 g/mol. The number of carbonyl (C=O) groups is 1. The largest absolute Gasteiger partial charge is 0.493 e. The predicted octanol–water partition coefficient (Wildman–Crippen LogP) is 4.76. The van der Waals surface area contributed by atoms with Crippen LogP contribution in [0.3, 0.4) is 0 Å². The minimum absolute atomic E-state index is 0.243. The van der Waals surface area contributed by atoms with Crippen LogP contribution in [0.2, 0.25) is 10.0 Å². The number of methoxy groups -OCH3 is 1. The Kier molecular flexibility index (Phi) is 7.89. The van der Waals surface area contributed by atoms with Crippen LogP contribution in [0.4, 0.5) is 0 Å². The molecule has 0 spiro atoms. The van der Waals surface area contributed by atoms with Gasteiger partial charge in [0.15, 0.2) is 17.6 Å². The molecule has 0 saturated carbocycles. The van der Waals surface area contributed by atoms with Crippen LogP contribution in [-0.4, -0.2) is 24.3 Å². The number of nitrogens with one attached hydrogen (secondary N) is 1. The van der Waals surface area contributed by atoms with E-state index in [-0.39, 0.29) is 6.61 Å². The van der Waals surface area contributed by atoms with Crippen molar-refractivity contribution in [2.24, 2.45) is 5.10 Å². The van der Waals surface area contributed by atoms with Gasteiger partial charge in [0.2, 0.25) is 0 Å². The number of hydrogen-bond acceptors (Lipinski definition) is 5. The maximum Gasteiger partial charge on any atom is 0.273 e. The van der Waals surface area contributed by atoms with Gasteiger partial charge in [-0.1, -0.05) is 59.6 Å². The van der Waals surface area contributed by atoms with Gasteiger partial charge in [0, 0.05) is 15.6 Å². The average molecular weight is 459 g/mol. The van der Waals surface area contributed by atoms with Crippen molar-refractivity contribution < 1.29 is 19.4 Å². The van der Waals surface area contributed by atoms with E-state index in [2.05, 4.69) is 10.5 Å². The molecule has 0 aliphatic heterocycles. The number of aliphatic hydroxyl groups excluding tert-OH is 1. The highest BCUT2D eigenvalue weighted by atomic mass is 35.5. The first kappa shape index (κ1) is 22.6. The molecule has 2 N–H and O–H groups in total. The Hall–Kier alpha value is -3.06. The summed E-state index contributed by atoms with van der Waals surface area (Å²) in [5.74, 6) is 0.382. The molecule has 8 heteroatoms. The number of aliphatic hydroxyl groups is 1. The number of ether oxygens (including phenoxy) is 2. The van der Waals surface area contributed by atoms with E-state index < -0.39 is 12.0 Å². The van der Waals surface area contributed by atoms with Crippen LogP contribution in [0.15, 0.2) is 71.8 Å². The standard InChI is InChI=1S/C23H20Cl2N2O4/c1-30-21-11-15(13-26-27-23(29)22(28)16-5-3-2-4-6-16)7-10-20(21)31-14-17-8-9-18(24)12-19(17)25/h2-13,22,28H,14H2,1H3,(H,27,29)/b26-13-/t22-/m0/s1. The van der Waals surface area contributed by atoms with Crippen molar-refractivity contribution in [3.8, 4) is 11.5 Å². The molecule has 0 fully saturated rings. The summed E-state index contributed by atoms with van der Waals surface area (Å²) in [7, 11) is 1.52. The fraction of sp³-hybridized carbons (Fsp3) is 0.130. The summed E-state index contributed by atoms with van der Waals surface area (Å²) in [6.45, 7) is 0.243. The molecule has 0 aliphatic rings. The molecular formula is C23H20Cl2N2O4. The quantitative estimate of drug-likeness (QED) is 0.376. The van der Waals surface area contributed by atoms with Gasteiger partial charge in [-0.3, -0.25) is 4.79 Å². The minimum atomic E-state index is -1.30. The highest BCUT2D eigenvalue weighted by Crippen LogP contribution is 2.29. The molecule has 0 bridgehead atoms. The first-order chi connectivity index (χ1) is 15.0. The minimum Gasteiger partial charge on any atom is -0.493 e. The Morgan fingerprint density at radius 2 is 1.87 bits per heavy atom. The lowest BCUT2D eigenvalue weighted by atomic mass is 10.1. The summed E-state index contributed by atoms with van der Waals surface area (Å²) in [6.07, 6.45) is 0.140. The molecule has 0 saturated heterocycles. The normalized spacial score (nSPS) is 11.9. The SMILES string of the molecule is COc1cc(/C=N\NC(=O)[C@@H](O)c2ccccc2)ccc1OCc1ccc(Cl)cc1Cl. The van der Waals surface area contributed by atoms with E-state index in [1.807, 2.05) is 0 Å². The second kappa shape index (κ2) is 10.8. The maximum absolute atomic E-state index is 12.0. The summed E-state index contributed by atoms with van der Waals surface area (Å²) in [5.41, 5.74) is 4.27. The zero-order chi connectivity index (χ0) is 22.2. The highest BCUT2D eigenvalue weighted by molar-refractivity contribution is 6.35. The third-order valence-corrected chi connectivity index (χ3v) is 4.92. The molecule has 1 amide bonds. The van der Waals surface area contributed by atoms with Crippen molar-refractivity contribution in [3.63, 3.8) is 0 Å². The Balaban J connectivity index is 1.62. The summed E-state index contributed by atoms with van der Waals surface area (Å²) < 4.78 is 11.2. The highest BCUT2D eigenvalue weighted by Gasteiger charge is 2.16. The molecule has 1 atom stereocenters. The maximum atomic E-state index is 12.0. The first-order valence-electron chi connectivity index (χ1n) is 9.28. The van der Waals surface area contributed by atoms with Crippen molar-refractivity contribution in [3.05, 3.63) is 93.5 Å². The van der Waals surface area contributed by atoms with Gasteiger partial charge >= 0.3 is 0 Å². The number of carbonyl (C=O) groups excluding carboxylic acids is 1. The third kappa shape index (κ3) is 6.21. The van der Waals surface area contributed by atoms with Crippen molar-refractivity contribution >= 4 is 35.3 Å². The number of nitrogens with zero attached hydrogens (tertiary/aromatic N) is 1. The van der Waals surface area contributed by atoms with Gasteiger partial charge < -0.3 is 14.6 Å². The monoisotopic (exact) mass is 458 g/mol. The third-order valence-electron chi connectivity index (χ3n) is 4.34. The van der Waals surface area contributed by atoms with Gasteiger partial charge in [0.25, 0.3) is 5.91 Å². The van der Waals surface area contributed by atoms with Crippen LogP contribution in [0.5, 0.6) is 11.5 Å². The van der Waals surface area contributed by atoms with Crippen molar-refractivity contribution in [1.82, 2.24) is 5.43 Å². The van der Waals surface area contributed by atoms with Gasteiger partial charge in [0.05, 0.1) is 13.3 Å². The van der Waals surface area contributed by atoms with E-state index in [4.69, 9.17) is 32.7 Å². The summed E-state index contributed by atoms with van der Waals surface area (Å²) >= 11 is 12.1. The van der Waals surface area contributed by atoms with Gasteiger partial charge in [-0.15, -0.1) is 0 Å². The average Bonchev–Trinajstić information content (AvgIpc) is 2.79. The van der Waals surface area contributed by atoms with E-state index in [9.17, 15) is 9.90 Å². The molecule has 0 unspecified atom stereocenters. The molecule has 3 aromatic carbocycles.